The van der Waals surface area contributed by atoms with E-state index in [0.717, 1.165) is 23.6 Å². The van der Waals surface area contributed by atoms with Crippen LogP contribution in [0.1, 0.15) is 16.2 Å². The number of hydrogen-bond donors (Lipinski definition) is 1. The number of fused-ring (bicyclic) bond motifs is 1. The van der Waals surface area contributed by atoms with Gasteiger partial charge >= 0.3 is 6.18 Å². The van der Waals surface area contributed by atoms with Gasteiger partial charge in [0.25, 0.3) is 5.91 Å². The second kappa shape index (κ2) is 9.46. The van der Waals surface area contributed by atoms with Gasteiger partial charge in [-0.2, -0.15) is 18.3 Å². The van der Waals surface area contributed by atoms with Gasteiger partial charge in [0.15, 0.2) is 17.0 Å². The highest BCUT2D eigenvalue weighted by Crippen LogP contribution is 2.34. The lowest BCUT2D eigenvalue weighted by atomic mass is 10.1. The molecule has 0 saturated carbocycles. The van der Waals surface area contributed by atoms with E-state index >= 15 is 0 Å². The van der Waals surface area contributed by atoms with Gasteiger partial charge in [-0.3, -0.25) is 9.69 Å². The predicted molar refractivity (Wildman–Crippen MR) is 118 cm³/mol. The first-order chi connectivity index (χ1) is 15.2. The highest BCUT2D eigenvalue weighted by Gasteiger charge is 2.36. The summed E-state index contributed by atoms with van der Waals surface area (Å²) in [5, 5.41) is 6.64. The van der Waals surface area contributed by atoms with E-state index in [2.05, 4.69) is 52.2 Å². The molecule has 4 rings (SSSR count). The molecule has 12 heteroatoms. The number of hydrogen-bond acceptors (Lipinski definition) is 5. The molecule has 2 aromatic heterocycles. The summed E-state index contributed by atoms with van der Waals surface area (Å²) in [4.78, 5) is 19.1. The molecule has 1 amide bonds. The van der Waals surface area contributed by atoms with E-state index in [1.165, 1.54) is 0 Å². The third-order valence-corrected chi connectivity index (χ3v) is 6.25. The van der Waals surface area contributed by atoms with E-state index in [1.807, 2.05) is 0 Å². The number of carbonyl (C=O) groups excluding carboxylic acids is 1. The number of ether oxygens (including phenoxy) is 1. The maximum Gasteiger partial charge on any atom is 0.433 e. The Morgan fingerprint density at radius 2 is 1.84 bits per heavy atom. The lowest BCUT2D eigenvalue weighted by molar-refractivity contribution is -0.142. The van der Waals surface area contributed by atoms with Crippen molar-refractivity contribution in [1.82, 2.24) is 24.8 Å². The van der Waals surface area contributed by atoms with Crippen molar-refractivity contribution in [3.63, 3.8) is 0 Å². The Hall–Kier alpha value is -2.02. The number of morpholine rings is 1. The van der Waals surface area contributed by atoms with Crippen LogP contribution in [0.2, 0.25) is 0 Å². The molecule has 170 valence electrons. The molecule has 0 spiro atoms. The van der Waals surface area contributed by atoms with Gasteiger partial charge in [-0.15, -0.1) is 0 Å². The van der Waals surface area contributed by atoms with Crippen LogP contribution in [-0.4, -0.2) is 64.8 Å². The minimum Gasteiger partial charge on any atom is -0.379 e. The molecule has 0 aliphatic carbocycles. The number of nitrogens with one attached hydrogen (secondary N) is 1. The van der Waals surface area contributed by atoms with Crippen LogP contribution in [0.15, 0.2) is 39.3 Å². The van der Waals surface area contributed by atoms with Gasteiger partial charge in [0.1, 0.15) is 0 Å². The van der Waals surface area contributed by atoms with Gasteiger partial charge in [0.2, 0.25) is 0 Å². The summed E-state index contributed by atoms with van der Waals surface area (Å²) >= 11 is 6.54. The van der Waals surface area contributed by atoms with Crippen LogP contribution in [0.5, 0.6) is 0 Å². The standard InChI is InChI=1S/C20H18Br2F3N5O2/c21-13-3-1-12(2-4-13)14-11-15(20(23,24)25)30-18(27-14)16(22)17(28-30)19(31)26-5-6-29-7-9-32-10-8-29/h1-4,11H,5-10H2,(H,26,31). The van der Waals surface area contributed by atoms with Crippen LogP contribution in [-0.2, 0) is 10.9 Å². The van der Waals surface area contributed by atoms with Crippen LogP contribution < -0.4 is 5.32 Å². The molecular weight excluding hydrogens is 559 g/mol. The largest absolute Gasteiger partial charge is 0.433 e. The summed E-state index contributed by atoms with van der Waals surface area (Å²) < 4.78 is 48.2. The Morgan fingerprint density at radius 1 is 1.16 bits per heavy atom. The molecule has 1 aliphatic heterocycles. The van der Waals surface area contributed by atoms with Crippen molar-refractivity contribution in [3.05, 3.63) is 50.7 Å². The molecular formula is C20H18Br2F3N5O2. The minimum absolute atomic E-state index is 0.0870. The Morgan fingerprint density at radius 3 is 2.50 bits per heavy atom. The Balaban J connectivity index is 1.65. The van der Waals surface area contributed by atoms with Crippen molar-refractivity contribution < 1.29 is 22.7 Å². The van der Waals surface area contributed by atoms with Gasteiger partial charge in [0, 0.05) is 36.2 Å². The third kappa shape index (κ3) is 4.98. The molecule has 0 atom stereocenters. The zero-order valence-corrected chi connectivity index (χ0v) is 19.8. The van der Waals surface area contributed by atoms with Gasteiger partial charge in [-0.1, -0.05) is 28.1 Å². The summed E-state index contributed by atoms with van der Waals surface area (Å²) in [5.41, 5.74) is -0.634. The smallest absolute Gasteiger partial charge is 0.379 e. The van der Waals surface area contributed by atoms with Crippen LogP contribution in [0.3, 0.4) is 0 Å². The lowest BCUT2D eigenvalue weighted by Crippen LogP contribution is -2.41. The van der Waals surface area contributed by atoms with E-state index in [0.29, 0.717) is 36.4 Å². The fourth-order valence-electron chi connectivity index (χ4n) is 3.34. The minimum atomic E-state index is -4.69. The summed E-state index contributed by atoms with van der Waals surface area (Å²) in [5.74, 6) is -0.575. The molecule has 3 aromatic rings. The SMILES string of the molecule is O=C(NCCN1CCOCC1)c1nn2c(C(F)(F)F)cc(-c3ccc(Br)cc3)nc2c1Br. The number of rotatable bonds is 5. The van der Waals surface area contributed by atoms with Crippen molar-refractivity contribution in [3.8, 4) is 11.3 Å². The Kier molecular flexibility index (Phi) is 6.84. The number of nitrogens with zero attached hydrogens (tertiary/aromatic N) is 4. The van der Waals surface area contributed by atoms with Gasteiger partial charge in [0.05, 0.1) is 23.4 Å². The third-order valence-electron chi connectivity index (χ3n) is 5.00. The number of aromatic nitrogens is 3. The Bertz CT molecular complexity index is 1130. The molecule has 1 fully saturated rings. The quantitative estimate of drug-likeness (QED) is 0.497. The zero-order chi connectivity index (χ0) is 22.9. The molecule has 1 aliphatic rings. The topological polar surface area (TPSA) is 71.8 Å². The molecule has 3 heterocycles. The summed E-state index contributed by atoms with van der Waals surface area (Å²) in [6, 6.07) is 7.68. The van der Waals surface area contributed by atoms with Gasteiger partial charge < -0.3 is 10.1 Å². The summed E-state index contributed by atoms with van der Waals surface area (Å²) in [6.45, 7) is 3.76. The fraction of sp³-hybridized carbons (Fsp3) is 0.350. The number of alkyl halides is 3. The monoisotopic (exact) mass is 575 g/mol. The zero-order valence-electron chi connectivity index (χ0n) is 16.6. The molecule has 32 heavy (non-hydrogen) atoms. The highest BCUT2D eigenvalue weighted by molar-refractivity contribution is 9.11. The van der Waals surface area contributed by atoms with E-state index in [9.17, 15) is 18.0 Å². The fourth-order valence-corrected chi connectivity index (χ4v) is 4.12. The normalized spacial score (nSPS) is 15.3. The van der Waals surface area contributed by atoms with Crippen molar-refractivity contribution >= 4 is 43.4 Å². The van der Waals surface area contributed by atoms with Crippen molar-refractivity contribution in [2.24, 2.45) is 0 Å². The molecule has 1 saturated heterocycles. The first kappa shape index (κ1) is 23.1. The van der Waals surface area contributed by atoms with E-state index in [-0.39, 0.29) is 21.5 Å². The number of benzene rings is 1. The maximum atomic E-state index is 13.8. The molecule has 7 nitrogen and oxygen atoms in total. The second-order valence-electron chi connectivity index (χ2n) is 7.14. The lowest BCUT2D eigenvalue weighted by Gasteiger charge is -2.26. The van der Waals surface area contributed by atoms with Crippen molar-refractivity contribution in [1.29, 1.82) is 0 Å². The van der Waals surface area contributed by atoms with Crippen LogP contribution in [0.25, 0.3) is 16.9 Å². The average Bonchev–Trinajstić information content (AvgIpc) is 3.10. The molecule has 1 aromatic carbocycles. The summed E-state index contributed by atoms with van der Waals surface area (Å²) in [6.07, 6.45) is -4.69. The summed E-state index contributed by atoms with van der Waals surface area (Å²) in [7, 11) is 0. The number of amides is 1. The van der Waals surface area contributed by atoms with Crippen LogP contribution in [0.4, 0.5) is 13.2 Å². The molecule has 0 radical (unpaired) electrons. The van der Waals surface area contributed by atoms with E-state index in [1.54, 1.807) is 24.3 Å². The van der Waals surface area contributed by atoms with E-state index < -0.39 is 17.8 Å². The van der Waals surface area contributed by atoms with Gasteiger partial charge in [-0.25, -0.2) is 9.50 Å². The highest BCUT2D eigenvalue weighted by atomic mass is 79.9. The number of halogens is 5. The van der Waals surface area contributed by atoms with Crippen molar-refractivity contribution in [2.75, 3.05) is 39.4 Å². The molecule has 1 N–H and O–H groups in total. The average molecular weight is 577 g/mol. The first-order valence-electron chi connectivity index (χ1n) is 9.75. The molecule has 0 bridgehead atoms. The first-order valence-corrected chi connectivity index (χ1v) is 11.3. The van der Waals surface area contributed by atoms with Crippen molar-refractivity contribution in [2.45, 2.75) is 6.18 Å². The van der Waals surface area contributed by atoms with Crippen LogP contribution in [0, 0.1) is 0 Å². The van der Waals surface area contributed by atoms with E-state index in [4.69, 9.17) is 4.74 Å². The molecule has 0 unspecified atom stereocenters. The maximum absolute atomic E-state index is 13.8. The predicted octanol–water partition coefficient (Wildman–Crippen LogP) is 4.00. The second-order valence-corrected chi connectivity index (χ2v) is 8.85. The van der Waals surface area contributed by atoms with Gasteiger partial charge in [-0.05, 0) is 34.1 Å². The Labute approximate surface area is 198 Å². The number of carbonyl (C=O) groups is 1. The van der Waals surface area contributed by atoms with Crippen LogP contribution >= 0.6 is 31.9 Å².